The minimum atomic E-state index is -6.49. The van der Waals surface area contributed by atoms with Crippen LogP contribution in [-0.2, 0) is 24.6 Å². The molecule has 0 amide bonds. The fraction of sp³-hybridized carbons (Fsp3) is 0.0811. The fourth-order valence-electron chi connectivity index (χ4n) is 6.35. The van der Waals surface area contributed by atoms with E-state index in [-0.39, 0.29) is 24.3 Å². The SMILES string of the molecule is O=C(Oc1ccc(C(c2c(F)c(F)c(OC(=O)c3ccc(C(=O)O)c(C(=O)O)c3F)c(Br)c2F)(C(F)(F)C(=O)O)C(C(=O)O)(C(=O)O)C(=O)O)cc1Br)c1ccc(C(=O)O)c(C(=O)O)c1. The maximum atomic E-state index is 16.8. The average Bonchev–Trinajstić information content (AvgIpc) is 3.20. The molecular formula is C37H16Br2F6O20. The monoisotopic (exact) mass is 1050 g/mol. The van der Waals surface area contributed by atoms with Crippen molar-refractivity contribution in [3.05, 3.63) is 125 Å². The molecule has 1 unspecified atom stereocenters. The molecule has 0 heterocycles. The van der Waals surface area contributed by atoms with E-state index in [9.17, 15) is 88.8 Å². The lowest BCUT2D eigenvalue weighted by molar-refractivity contribution is -0.204. The number of aromatic carboxylic acids is 4. The molecule has 0 aromatic heterocycles. The molecule has 340 valence electrons. The van der Waals surface area contributed by atoms with E-state index >= 15 is 26.3 Å². The predicted octanol–water partition coefficient (Wildman–Crippen LogP) is 5.25. The third kappa shape index (κ3) is 7.81. The Kier molecular flexibility index (Phi) is 13.6. The molecule has 0 radical (unpaired) electrons. The number of carboxylic acid groups (broad SMARTS) is 8. The second-order valence-electron chi connectivity index (χ2n) is 12.5. The maximum Gasteiger partial charge on any atom is 0.376 e. The van der Waals surface area contributed by atoms with Crippen molar-refractivity contribution in [3.8, 4) is 11.5 Å². The number of hydrogen-bond acceptors (Lipinski definition) is 12. The first-order valence-electron chi connectivity index (χ1n) is 16.3. The molecule has 65 heavy (non-hydrogen) atoms. The molecule has 4 aromatic carbocycles. The Morgan fingerprint density at radius 2 is 1.02 bits per heavy atom. The first-order chi connectivity index (χ1) is 30.0. The third-order valence-electron chi connectivity index (χ3n) is 9.15. The Hall–Kier alpha value is -7.88. The standard InChI is InChI=1S/C37H16Br2F6O20/c38-15-8-10(2-6-16(15)64-29(54)9-1-3-11(25(46)47)14(7-9)27(50)51)36(37(44,45)34(62)63,35(31(56)57,32(58)59)33(60)61)18-21(41)19(39)24(23(43)22(18)42)65-30(55)13-5-4-12(26(48)49)17(20(13)40)28(52)53/h1-8H,(H,46,47)(H,48,49)(H,50,51)(H,52,53)(H,56,57)(H,58,59)(H,60,61)(H,62,63). The first kappa shape index (κ1) is 49.8. The van der Waals surface area contributed by atoms with Gasteiger partial charge in [-0.2, -0.15) is 13.2 Å². The van der Waals surface area contributed by atoms with Gasteiger partial charge in [0.25, 0.3) is 5.41 Å². The maximum absolute atomic E-state index is 16.8. The molecule has 28 heteroatoms. The van der Waals surface area contributed by atoms with Gasteiger partial charge in [0.15, 0.2) is 17.4 Å². The van der Waals surface area contributed by atoms with Gasteiger partial charge in [0.2, 0.25) is 5.82 Å². The molecule has 0 saturated heterocycles. The molecule has 0 aliphatic heterocycles. The van der Waals surface area contributed by atoms with Crippen molar-refractivity contribution in [2.24, 2.45) is 5.41 Å². The van der Waals surface area contributed by atoms with Crippen LogP contribution in [-0.4, -0.2) is 106 Å². The Balaban J connectivity index is 2.13. The fourth-order valence-corrected chi connectivity index (χ4v) is 7.26. The van der Waals surface area contributed by atoms with E-state index in [0.29, 0.717) is 24.3 Å². The van der Waals surface area contributed by atoms with Gasteiger partial charge in [0.05, 0.1) is 36.8 Å². The van der Waals surface area contributed by atoms with Gasteiger partial charge in [-0.15, -0.1) is 0 Å². The van der Waals surface area contributed by atoms with Crippen molar-refractivity contribution >= 4 is 91.6 Å². The molecule has 1 atom stereocenters. The number of aliphatic carboxylic acids is 4. The summed E-state index contributed by atoms with van der Waals surface area (Å²) in [5, 5.41) is 77.6. The highest BCUT2D eigenvalue weighted by Gasteiger charge is 2.82. The van der Waals surface area contributed by atoms with E-state index in [2.05, 4.69) is 36.6 Å². The van der Waals surface area contributed by atoms with Crippen molar-refractivity contribution in [1.82, 2.24) is 0 Å². The summed E-state index contributed by atoms with van der Waals surface area (Å²) in [7, 11) is 0. The smallest absolute Gasteiger partial charge is 0.376 e. The number of carboxylic acids is 8. The van der Waals surface area contributed by atoms with Crippen molar-refractivity contribution in [1.29, 1.82) is 0 Å². The van der Waals surface area contributed by atoms with Crippen molar-refractivity contribution < 1.29 is 125 Å². The largest absolute Gasteiger partial charge is 0.480 e. The number of carbonyl (C=O) groups excluding carboxylic acids is 2. The van der Waals surface area contributed by atoms with Crippen LogP contribution in [0.15, 0.2) is 57.5 Å². The van der Waals surface area contributed by atoms with Crippen molar-refractivity contribution in [3.63, 3.8) is 0 Å². The van der Waals surface area contributed by atoms with E-state index in [0.717, 1.165) is 0 Å². The summed E-state index contributed by atoms with van der Waals surface area (Å²) in [5.74, 6) is -47.5. The lowest BCUT2D eigenvalue weighted by atomic mass is 9.52. The Labute approximate surface area is 368 Å². The molecular weight excluding hydrogens is 1040 g/mol. The van der Waals surface area contributed by atoms with E-state index in [4.69, 9.17) is 4.74 Å². The van der Waals surface area contributed by atoms with Gasteiger partial charge in [-0.1, -0.05) is 6.07 Å². The molecule has 0 spiro atoms. The summed E-state index contributed by atoms with van der Waals surface area (Å²) in [6.07, 6.45) is 0. The van der Waals surface area contributed by atoms with Gasteiger partial charge >= 0.3 is 65.6 Å². The first-order valence-corrected chi connectivity index (χ1v) is 17.9. The summed E-state index contributed by atoms with van der Waals surface area (Å²) >= 11 is 4.77. The highest BCUT2D eigenvalue weighted by Crippen LogP contribution is 2.60. The number of rotatable bonds is 16. The molecule has 0 aliphatic carbocycles. The minimum absolute atomic E-state index is 0.0680. The quantitative estimate of drug-likeness (QED) is 0.0234. The zero-order chi connectivity index (χ0) is 49.6. The van der Waals surface area contributed by atoms with E-state index < -0.39 is 165 Å². The van der Waals surface area contributed by atoms with E-state index in [1.54, 1.807) is 0 Å². The van der Waals surface area contributed by atoms with Crippen LogP contribution in [0.1, 0.15) is 73.3 Å². The molecule has 0 bridgehead atoms. The third-order valence-corrected chi connectivity index (χ3v) is 10.5. The van der Waals surface area contributed by atoms with Crippen LogP contribution < -0.4 is 9.47 Å². The molecule has 8 N–H and O–H groups in total. The number of benzene rings is 4. The van der Waals surface area contributed by atoms with Gasteiger partial charge in [-0.25, -0.2) is 46.7 Å². The molecule has 4 rings (SSSR count). The molecule has 20 nitrogen and oxygen atoms in total. The highest BCUT2D eigenvalue weighted by atomic mass is 79.9. The Bertz CT molecular complexity index is 2800. The summed E-state index contributed by atoms with van der Waals surface area (Å²) in [4.78, 5) is 123. The van der Waals surface area contributed by atoms with Gasteiger partial charge in [0.1, 0.15) is 22.5 Å². The number of halogens is 8. The number of carbonyl (C=O) groups is 10. The molecule has 0 saturated carbocycles. The number of esters is 2. The number of hydrogen-bond donors (Lipinski definition) is 8. The topological polar surface area (TPSA) is 351 Å². The zero-order valence-electron chi connectivity index (χ0n) is 30.6. The minimum Gasteiger partial charge on any atom is -0.480 e. The predicted molar refractivity (Wildman–Crippen MR) is 197 cm³/mol. The highest BCUT2D eigenvalue weighted by molar-refractivity contribution is 9.11. The van der Waals surface area contributed by atoms with E-state index in [1.165, 1.54) is 0 Å². The van der Waals surface area contributed by atoms with Gasteiger partial charge in [0, 0.05) is 5.56 Å². The second kappa shape index (κ2) is 17.7. The molecule has 4 aromatic rings. The molecule has 0 aliphatic rings. The lowest BCUT2D eigenvalue weighted by Gasteiger charge is -2.46. The Morgan fingerprint density at radius 3 is 1.48 bits per heavy atom. The summed E-state index contributed by atoms with van der Waals surface area (Å²) in [5.41, 5.74) is -23.6. The number of alkyl halides is 2. The second-order valence-corrected chi connectivity index (χ2v) is 14.2. The lowest BCUT2D eigenvalue weighted by Crippen LogP contribution is -2.70. The van der Waals surface area contributed by atoms with Crippen LogP contribution in [0.4, 0.5) is 26.3 Å². The van der Waals surface area contributed by atoms with Crippen LogP contribution in [0.2, 0.25) is 0 Å². The van der Waals surface area contributed by atoms with Gasteiger partial charge < -0.3 is 50.3 Å². The van der Waals surface area contributed by atoms with Crippen LogP contribution in [0.25, 0.3) is 0 Å². The van der Waals surface area contributed by atoms with Gasteiger partial charge in [-0.05, 0) is 79.9 Å². The van der Waals surface area contributed by atoms with Crippen LogP contribution in [0.5, 0.6) is 11.5 Å². The van der Waals surface area contributed by atoms with Crippen LogP contribution in [0.3, 0.4) is 0 Å². The normalized spacial score (nSPS) is 12.3. The Morgan fingerprint density at radius 1 is 0.508 bits per heavy atom. The van der Waals surface area contributed by atoms with Gasteiger partial charge in [-0.3, -0.25) is 14.4 Å². The summed E-state index contributed by atoms with van der Waals surface area (Å²) < 4.78 is 105. The van der Waals surface area contributed by atoms with Crippen LogP contribution >= 0.6 is 31.9 Å². The summed E-state index contributed by atoms with van der Waals surface area (Å²) in [6, 6.07) is 2.40. The zero-order valence-corrected chi connectivity index (χ0v) is 33.8. The number of ether oxygens (including phenoxy) is 2. The van der Waals surface area contributed by atoms with E-state index in [1.807, 2.05) is 0 Å². The van der Waals surface area contributed by atoms with Crippen molar-refractivity contribution in [2.75, 3.05) is 0 Å². The van der Waals surface area contributed by atoms with Crippen LogP contribution in [0, 0.1) is 28.7 Å². The summed E-state index contributed by atoms with van der Waals surface area (Å²) in [6.45, 7) is 0. The average molecular weight is 1050 g/mol. The van der Waals surface area contributed by atoms with Crippen molar-refractivity contribution in [2.45, 2.75) is 11.3 Å². The molecule has 0 fully saturated rings.